The smallest absolute Gasteiger partial charge is 0.266 e. The summed E-state index contributed by atoms with van der Waals surface area (Å²) < 4.78 is 25.5. The van der Waals surface area contributed by atoms with Crippen molar-refractivity contribution in [3.05, 3.63) is 138 Å². The Balaban J connectivity index is 1.43. The van der Waals surface area contributed by atoms with E-state index in [1.807, 2.05) is 66.7 Å². The Morgan fingerprint density at radius 1 is 0.953 bits per heavy atom. The highest BCUT2D eigenvalue weighted by Crippen LogP contribution is 2.43. The Hall–Kier alpha value is -4.79. The van der Waals surface area contributed by atoms with Gasteiger partial charge in [-0.1, -0.05) is 72.8 Å². The molecule has 1 aliphatic heterocycles. The van der Waals surface area contributed by atoms with Crippen molar-refractivity contribution in [1.29, 1.82) is 0 Å². The minimum Gasteiger partial charge on any atom is -0.494 e. The maximum Gasteiger partial charge on any atom is 0.266 e. The van der Waals surface area contributed by atoms with E-state index in [2.05, 4.69) is 17.4 Å². The largest absolute Gasteiger partial charge is 0.494 e. The molecule has 0 spiro atoms. The van der Waals surface area contributed by atoms with Crippen molar-refractivity contribution in [3.8, 4) is 16.9 Å². The molecule has 0 unspecified atom stereocenters. The van der Waals surface area contributed by atoms with Gasteiger partial charge in [-0.25, -0.2) is 14.8 Å². The zero-order chi connectivity index (χ0) is 30.1. The molecule has 43 heavy (non-hydrogen) atoms. The Kier molecular flexibility index (Phi) is 9.61. The van der Waals surface area contributed by atoms with Gasteiger partial charge in [-0.2, -0.15) is 0 Å². The summed E-state index contributed by atoms with van der Waals surface area (Å²) in [5.41, 5.74) is 8.82. The third kappa shape index (κ3) is 6.99. The molecular weight excluding hydrogens is 545 g/mol. The van der Waals surface area contributed by atoms with E-state index in [1.165, 1.54) is 12.1 Å². The van der Waals surface area contributed by atoms with Crippen LogP contribution in [0.2, 0.25) is 0 Å². The molecule has 4 aromatic rings. The molecule has 1 amide bonds. The van der Waals surface area contributed by atoms with Crippen molar-refractivity contribution >= 4 is 11.8 Å². The van der Waals surface area contributed by atoms with Gasteiger partial charge in [0.15, 0.2) is 11.6 Å². The van der Waals surface area contributed by atoms with Crippen LogP contribution in [0.5, 0.6) is 5.75 Å². The summed E-state index contributed by atoms with van der Waals surface area (Å²) in [5.74, 6) is 0.276. The van der Waals surface area contributed by atoms with Gasteiger partial charge < -0.3 is 14.6 Å². The fraction of sp³-hybridized carbons (Fsp3) is 0.200. The van der Waals surface area contributed by atoms with Crippen LogP contribution in [0.15, 0.2) is 121 Å². The third-order valence-electron chi connectivity index (χ3n) is 7.21. The van der Waals surface area contributed by atoms with Crippen LogP contribution >= 0.6 is 0 Å². The first-order valence-electron chi connectivity index (χ1n) is 14.2. The Morgan fingerprint density at radius 2 is 1.63 bits per heavy atom. The number of aliphatic imine (C=N–C) groups is 1. The van der Waals surface area contributed by atoms with E-state index in [0.29, 0.717) is 36.8 Å². The van der Waals surface area contributed by atoms with Crippen LogP contribution in [0.3, 0.4) is 0 Å². The van der Waals surface area contributed by atoms with Crippen LogP contribution in [0.25, 0.3) is 11.1 Å². The summed E-state index contributed by atoms with van der Waals surface area (Å²) >= 11 is 0. The fourth-order valence-corrected chi connectivity index (χ4v) is 4.95. The number of benzene rings is 4. The number of hydrogen-bond acceptors (Lipinski definition) is 6. The van der Waals surface area contributed by atoms with E-state index in [9.17, 15) is 9.18 Å². The van der Waals surface area contributed by atoms with Crippen LogP contribution in [0.1, 0.15) is 35.6 Å². The number of rotatable bonds is 13. The number of aliphatic hydroxyl groups is 1. The highest BCUT2D eigenvalue weighted by molar-refractivity contribution is 6.01. The molecule has 1 aliphatic rings. The van der Waals surface area contributed by atoms with Gasteiger partial charge in [0.2, 0.25) is 5.90 Å². The molecule has 0 aromatic heterocycles. The van der Waals surface area contributed by atoms with Crippen molar-refractivity contribution in [2.75, 3.05) is 13.2 Å². The topological polar surface area (TPSA) is 92.2 Å². The summed E-state index contributed by atoms with van der Waals surface area (Å²) in [6, 6.07) is 31.3. The zero-order valence-corrected chi connectivity index (χ0v) is 23.7. The number of hydrazine groups is 1. The molecule has 0 fully saturated rings. The van der Waals surface area contributed by atoms with Crippen LogP contribution < -0.4 is 15.6 Å². The molecule has 220 valence electrons. The first-order chi connectivity index (χ1) is 21.0. The van der Waals surface area contributed by atoms with Crippen LogP contribution in [0, 0.1) is 5.82 Å². The van der Waals surface area contributed by atoms with E-state index >= 15 is 0 Å². The minimum atomic E-state index is -1.35. The lowest BCUT2D eigenvalue weighted by atomic mass is 9.84. The molecule has 7 nitrogen and oxygen atoms in total. The predicted molar refractivity (Wildman–Crippen MR) is 165 cm³/mol. The van der Waals surface area contributed by atoms with Gasteiger partial charge in [-0.3, -0.25) is 10.2 Å². The van der Waals surface area contributed by atoms with E-state index in [-0.39, 0.29) is 24.8 Å². The van der Waals surface area contributed by atoms with Crippen LogP contribution in [-0.4, -0.2) is 35.7 Å². The second kappa shape index (κ2) is 13.9. The number of aliphatic hydroxyl groups excluding tert-OH is 1. The van der Waals surface area contributed by atoms with Crippen molar-refractivity contribution in [2.45, 2.75) is 31.0 Å². The maximum atomic E-state index is 13.9. The lowest BCUT2D eigenvalue weighted by Gasteiger charge is -2.29. The molecular formula is C35H34FN3O4. The third-order valence-corrected chi connectivity index (χ3v) is 7.21. The Bertz CT molecular complexity index is 1540. The molecule has 0 aliphatic carbocycles. The molecule has 0 radical (unpaired) electrons. The first kappa shape index (κ1) is 29.7. The molecule has 3 N–H and O–H groups in total. The van der Waals surface area contributed by atoms with Gasteiger partial charge in [0.1, 0.15) is 11.6 Å². The van der Waals surface area contributed by atoms with Crippen molar-refractivity contribution in [1.82, 2.24) is 10.9 Å². The number of nitrogens with one attached hydrogen (secondary N) is 2. The zero-order valence-electron chi connectivity index (χ0n) is 23.7. The summed E-state index contributed by atoms with van der Waals surface area (Å²) in [6.45, 7) is 4.68. The van der Waals surface area contributed by atoms with Gasteiger partial charge in [0.05, 0.1) is 6.61 Å². The SMILES string of the molecule is C=CC[C@]1(C(=O)NNCc2ccc(F)cc2)N=C(c2ccc(OCCCO)cc2)O[C@H]1c1ccc(-c2ccccc2)cc1. The monoisotopic (exact) mass is 579 g/mol. The van der Waals surface area contributed by atoms with E-state index < -0.39 is 11.6 Å². The molecule has 8 heteroatoms. The van der Waals surface area contributed by atoms with Crippen molar-refractivity contribution in [3.63, 3.8) is 0 Å². The Labute approximate surface area is 250 Å². The average Bonchev–Trinajstić information content (AvgIpc) is 3.43. The van der Waals surface area contributed by atoms with Crippen LogP contribution in [-0.2, 0) is 16.1 Å². The van der Waals surface area contributed by atoms with Gasteiger partial charge in [-0.05, 0) is 58.7 Å². The lowest BCUT2D eigenvalue weighted by Crippen LogP contribution is -2.52. The highest BCUT2D eigenvalue weighted by Gasteiger charge is 2.52. The van der Waals surface area contributed by atoms with Gasteiger partial charge in [0.25, 0.3) is 5.91 Å². The van der Waals surface area contributed by atoms with E-state index in [1.54, 1.807) is 30.3 Å². The first-order valence-corrected chi connectivity index (χ1v) is 14.2. The van der Waals surface area contributed by atoms with Crippen molar-refractivity contribution in [2.24, 2.45) is 4.99 Å². The quantitative estimate of drug-likeness (QED) is 0.104. The standard InChI is InChI=1S/C35H34FN3O4/c1-2-21-35(34(41)39-37-24-25-9-17-30(36)18-10-25)32(28-13-11-27(12-14-28)26-7-4-3-5-8-26)43-33(38-35)29-15-19-31(20-16-29)42-23-6-22-40/h2-5,7-20,32,37,40H,1,6,21-24H2,(H,39,41)/t32-,35-/m0/s1. The molecule has 0 saturated heterocycles. The summed E-state index contributed by atoms with van der Waals surface area (Å²) in [7, 11) is 0. The average molecular weight is 580 g/mol. The molecule has 5 rings (SSSR count). The summed E-state index contributed by atoms with van der Waals surface area (Å²) in [4.78, 5) is 18.9. The van der Waals surface area contributed by atoms with Crippen molar-refractivity contribution < 1.29 is 23.8 Å². The normalized spacial score (nSPS) is 17.5. The molecule has 2 atom stereocenters. The molecule has 1 heterocycles. The number of hydrogen-bond donors (Lipinski definition) is 3. The molecule has 0 saturated carbocycles. The summed E-state index contributed by atoms with van der Waals surface area (Å²) in [6.07, 6.45) is 1.68. The number of ether oxygens (including phenoxy) is 2. The van der Waals surface area contributed by atoms with Gasteiger partial charge in [0, 0.05) is 31.6 Å². The lowest BCUT2D eigenvalue weighted by molar-refractivity contribution is -0.129. The number of carbonyl (C=O) groups excluding carboxylic acids is 1. The van der Waals surface area contributed by atoms with Gasteiger partial charge >= 0.3 is 0 Å². The van der Waals surface area contributed by atoms with Crippen LogP contribution in [0.4, 0.5) is 4.39 Å². The number of halogens is 1. The highest BCUT2D eigenvalue weighted by atomic mass is 19.1. The number of amides is 1. The second-order valence-corrected chi connectivity index (χ2v) is 10.2. The Morgan fingerprint density at radius 3 is 2.30 bits per heavy atom. The van der Waals surface area contributed by atoms with Gasteiger partial charge in [-0.15, -0.1) is 6.58 Å². The van der Waals surface area contributed by atoms with E-state index in [0.717, 1.165) is 22.3 Å². The number of nitrogens with zero attached hydrogens (tertiary/aromatic N) is 1. The molecule has 0 bridgehead atoms. The minimum absolute atomic E-state index is 0.0582. The maximum absolute atomic E-state index is 13.9. The van der Waals surface area contributed by atoms with E-state index in [4.69, 9.17) is 19.6 Å². The number of carbonyl (C=O) groups is 1. The molecule has 4 aromatic carbocycles. The fourth-order valence-electron chi connectivity index (χ4n) is 4.95. The summed E-state index contributed by atoms with van der Waals surface area (Å²) in [5, 5.41) is 9.01. The predicted octanol–water partition coefficient (Wildman–Crippen LogP) is 5.91. The second-order valence-electron chi connectivity index (χ2n) is 10.2.